The van der Waals surface area contributed by atoms with Crippen molar-refractivity contribution >= 4 is 30.1 Å². The number of nitrogens with one attached hydrogen (secondary N) is 1. The second-order valence-corrected chi connectivity index (χ2v) is 6.27. The van der Waals surface area contributed by atoms with Crippen LogP contribution in [0.15, 0.2) is 23.4 Å². The number of nitrogens with zero attached hydrogens (tertiary/aromatic N) is 2. The molecule has 1 aromatic rings. The summed E-state index contributed by atoms with van der Waals surface area (Å²) in [5, 5.41) is 2.79. The van der Waals surface area contributed by atoms with Crippen molar-refractivity contribution in [1.82, 2.24) is 15.2 Å². The standard InChI is InChI=1S/C14H18F3N3OS.ClH/c1-18-8-10-4-3-7-20(9-10)13(21)11-5-2-6-19-12(11)22-14(15,16)17;/h2,5-6,10,18H,3-4,7-9H2,1H3;1H. The number of amides is 1. The molecule has 1 aliphatic rings. The quantitative estimate of drug-likeness (QED) is 0.828. The number of rotatable bonds is 4. The molecule has 1 amide bonds. The average Bonchev–Trinajstić information content (AvgIpc) is 2.46. The Morgan fingerprint density at radius 1 is 1.52 bits per heavy atom. The maximum atomic E-state index is 12.6. The van der Waals surface area contributed by atoms with Crippen molar-refractivity contribution in [1.29, 1.82) is 0 Å². The van der Waals surface area contributed by atoms with Crippen LogP contribution in [0, 0.1) is 5.92 Å². The molecule has 1 unspecified atom stereocenters. The number of aromatic nitrogens is 1. The first-order chi connectivity index (χ1) is 10.4. The minimum absolute atomic E-state index is 0. The maximum Gasteiger partial charge on any atom is 0.447 e. The van der Waals surface area contributed by atoms with Gasteiger partial charge in [-0.1, -0.05) is 0 Å². The Morgan fingerprint density at radius 2 is 2.26 bits per heavy atom. The van der Waals surface area contributed by atoms with Gasteiger partial charge >= 0.3 is 5.51 Å². The van der Waals surface area contributed by atoms with Gasteiger partial charge < -0.3 is 10.2 Å². The number of carbonyl (C=O) groups excluding carboxylic acids is 1. The van der Waals surface area contributed by atoms with E-state index >= 15 is 0 Å². The molecular formula is C14H19ClF3N3OS. The van der Waals surface area contributed by atoms with Gasteiger partial charge in [-0.3, -0.25) is 4.79 Å². The Hall–Kier alpha value is -0.990. The zero-order valence-electron chi connectivity index (χ0n) is 12.6. The minimum Gasteiger partial charge on any atom is -0.338 e. The molecule has 1 atom stereocenters. The highest BCUT2D eigenvalue weighted by Crippen LogP contribution is 2.37. The molecule has 1 fully saturated rings. The molecule has 0 radical (unpaired) electrons. The summed E-state index contributed by atoms with van der Waals surface area (Å²) >= 11 is -0.340. The molecule has 9 heteroatoms. The first kappa shape index (κ1) is 20.1. The van der Waals surface area contributed by atoms with E-state index in [2.05, 4.69) is 10.3 Å². The molecule has 1 saturated heterocycles. The van der Waals surface area contributed by atoms with Gasteiger partial charge in [-0.2, -0.15) is 13.2 Å². The lowest BCUT2D eigenvalue weighted by atomic mass is 9.97. The van der Waals surface area contributed by atoms with Crippen molar-refractivity contribution < 1.29 is 18.0 Å². The number of likely N-dealkylation sites (tertiary alicyclic amines) is 1. The highest BCUT2D eigenvalue weighted by atomic mass is 35.5. The van der Waals surface area contributed by atoms with Crippen LogP contribution in [-0.4, -0.2) is 48.0 Å². The Bertz CT molecular complexity index is 528. The van der Waals surface area contributed by atoms with Crippen molar-refractivity contribution in [2.24, 2.45) is 5.92 Å². The topological polar surface area (TPSA) is 45.2 Å². The van der Waals surface area contributed by atoms with Crippen molar-refractivity contribution in [2.75, 3.05) is 26.7 Å². The molecule has 1 N–H and O–H groups in total. The summed E-state index contributed by atoms with van der Waals surface area (Å²) in [7, 11) is 1.85. The third-order valence-electron chi connectivity index (χ3n) is 3.51. The maximum absolute atomic E-state index is 12.6. The predicted molar refractivity (Wildman–Crippen MR) is 86.0 cm³/mol. The molecule has 1 aromatic heterocycles. The number of thioether (sulfide) groups is 1. The third kappa shape index (κ3) is 5.86. The van der Waals surface area contributed by atoms with E-state index < -0.39 is 5.51 Å². The van der Waals surface area contributed by atoms with E-state index in [0.717, 1.165) is 19.4 Å². The van der Waals surface area contributed by atoms with Crippen molar-refractivity contribution in [3.05, 3.63) is 23.9 Å². The van der Waals surface area contributed by atoms with Crippen LogP contribution in [0.5, 0.6) is 0 Å². The van der Waals surface area contributed by atoms with Crippen LogP contribution in [0.25, 0.3) is 0 Å². The normalized spacial score (nSPS) is 18.4. The first-order valence-corrected chi connectivity index (χ1v) is 7.87. The van der Waals surface area contributed by atoms with Crippen LogP contribution in [0.1, 0.15) is 23.2 Å². The Labute approximate surface area is 143 Å². The van der Waals surface area contributed by atoms with Crippen LogP contribution in [-0.2, 0) is 0 Å². The number of piperidine rings is 1. The molecule has 0 aliphatic carbocycles. The van der Waals surface area contributed by atoms with Crippen LogP contribution in [0.3, 0.4) is 0 Å². The van der Waals surface area contributed by atoms with Gasteiger partial charge in [0.05, 0.1) is 5.56 Å². The van der Waals surface area contributed by atoms with Crippen LogP contribution >= 0.6 is 24.2 Å². The molecule has 0 saturated carbocycles. The molecule has 2 heterocycles. The molecule has 0 aromatic carbocycles. The third-order valence-corrected chi connectivity index (χ3v) is 4.26. The number of alkyl halides is 3. The van der Waals surface area contributed by atoms with E-state index in [4.69, 9.17) is 0 Å². The lowest BCUT2D eigenvalue weighted by Crippen LogP contribution is -2.42. The van der Waals surface area contributed by atoms with E-state index in [1.165, 1.54) is 18.3 Å². The summed E-state index contributed by atoms with van der Waals surface area (Å²) in [5.74, 6) is -0.0428. The van der Waals surface area contributed by atoms with Gasteiger partial charge in [-0.05, 0) is 44.5 Å². The fraction of sp³-hybridized carbons (Fsp3) is 0.571. The second-order valence-electron chi connectivity index (χ2n) is 5.22. The smallest absolute Gasteiger partial charge is 0.338 e. The van der Waals surface area contributed by atoms with Crippen molar-refractivity contribution in [3.63, 3.8) is 0 Å². The largest absolute Gasteiger partial charge is 0.447 e. The SMILES string of the molecule is CNCC1CCCN(C(=O)c2cccnc2SC(F)(F)F)C1.Cl. The minimum atomic E-state index is -4.46. The lowest BCUT2D eigenvalue weighted by Gasteiger charge is -2.33. The highest BCUT2D eigenvalue weighted by molar-refractivity contribution is 8.00. The summed E-state index contributed by atoms with van der Waals surface area (Å²) in [4.78, 5) is 17.9. The Balaban J connectivity index is 0.00000264. The van der Waals surface area contributed by atoms with Crippen LogP contribution in [0.2, 0.25) is 0 Å². The number of hydrogen-bond donors (Lipinski definition) is 1. The fourth-order valence-corrected chi connectivity index (χ4v) is 3.22. The summed E-state index contributed by atoms with van der Waals surface area (Å²) in [5.41, 5.74) is -4.44. The van der Waals surface area contributed by atoms with Crippen molar-refractivity contribution in [2.45, 2.75) is 23.4 Å². The molecule has 23 heavy (non-hydrogen) atoms. The lowest BCUT2D eigenvalue weighted by molar-refractivity contribution is -0.0329. The Morgan fingerprint density at radius 3 is 2.91 bits per heavy atom. The second kappa shape index (κ2) is 8.75. The monoisotopic (exact) mass is 369 g/mol. The fourth-order valence-electron chi connectivity index (χ4n) is 2.62. The van der Waals surface area contributed by atoms with E-state index in [-0.39, 0.29) is 40.7 Å². The van der Waals surface area contributed by atoms with E-state index in [1.807, 2.05) is 7.05 Å². The van der Waals surface area contributed by atoms with E-state index in [9.17, 15) is 18.0 Å². The van der Waals surface area contributed by atoms with Gasteiger partial charge in [0.1, 0.15) is 5.03 Å². The molecule has 1 aliphatic heterocycles. The zero-order valence-corrected chi connectivity index (χ0v) is 14.2. The summed E-state index contributed by atoms with van der Waals surface area (Å²) in [6.45, 7) is 1.93. The van der Waals surface area contributed by atoms with Crippen molar-refractivity contribution in [3.8, 4) is 0 Å². The molecule has 130 valence electrons. The molecular weight excluding hydrogens is 351 g/mol. The van der Waals surface area contributed by atoms with Gasteiger partial charge in [0.15, 0.2) is 0 Å². The van der Waals surface area contributed by atoms with Crippen LogP contribution < -0.4 is 5.32 Å². The predicted octanol–water partition coefficient (Wildman–Crippen LogP) is 3.19. The number of pyridine rings is 1. The number of carbonyl (C=O) groups is 1. The Kier molecular flexibility index (Phi) is 7.63. The van der Waals surface area contributed by atoms with E-state index in [0.29, 0.717) is 19.0 Å². The average molecular weight is 370 g/mol. The molecule has 0 spiro atoms. The van der Waals surface area contributed by atoms with Gasteiger partial charge in [0.25, 0.3) is 5.91 Å². The number of hydrogen-bond acceptors (Lipinski definition) is 4. The molecule has 4 nitrogen and oxygen atoms in total. The van der Waals surface area contributed by atoms with Crippen LogP contribution in [0.4, 0.5) is 13.2 Å². The summed E-state index contributed by atoms with van der Waals surface area (Å²) in [6, 6.07) is 2.90. The number of halogens is 4. The van der Waals surface area contributed by atoms with Gasteiger partial charge in [-0.15, -0.1) is 12.4 Å². The van der Waals surface area contributed by atoms with Gasteiger partial charge in [0, 0.05) is 31.0 Å². The van der Waals surface area contributed by atoms with Gasteiger partial charge in [0.2, 0.25) is 0 Å². The first-order valence-electron chi connectivity index (χ1n) is 7.05. The highest BCUT2D eigenvalue weighted by Gasteiger charge is 2.33. The van der Waals surface area contributed by atoms with Gasteiger partial charge in [-0.25, -0.2) is 4.98 Å². The summed E-state index contributed by atoms with van der Waals surface area (Å²) < 4.78 is 37.7. The molecule has 2 rings (SSSR count). The zero-order chi connectivity index (χ0) is 16.2. The van der Waals surface area contributed by atoms with E-state index in [1.54, 1.807) is 4.90 Å². The summed E-state index contributed by atoms with van der Waals surface area (Å²) in [6.07, 6.45) is 3.15. The molecule has 0 bridgehead atoms.